The topological polar surface area (TPSA) is 118 Å². The van der Waals surface area contributed by atoms with E-state index in [9.17, 15) is 22.9 Å². The lowest BCUT2D eigenvalue weighted by molar-refractivity contribution is -0.384. The minimum absolute atomic E-state index is 0.204. The normalized spacial score (nSPS) is 14.5. The molecule has 0 radical (unpaired) electrons. The van der Waals surface area contributed by atoms with Crippen LogP contribution in [0, 0.1) is 15.9 Å². The molecule has 1 N–H and O–H groups in total. The molecule has 10 nitrogen and oxygen atoms in total. The molecule has 3 aromatic rings. The van der Waals surface area contributed by atoms with Gasteiger partial charge in [0.15, 0.2) is 0 Å². The Morgan fingerprint density at radius 3 is 2.40 bits per heavy atom. The number of rotatable bonds is 8. The number of nitro groups is 1. The molecule has 0 bridgehead atoms. The summed E-state index contributed by atoms with van der Waals surface area (Å²) >= 11 is 0. The highest BCUT2D eigenvalue weighted by molar-refractivity contribution is 7.92. The molecule has 0 amide bonds. The van der Waals surface area contributed by atoms with E-state index >= 15 is 0 Å². The average molecular weight is 502 g/mol. The largest absolute Gasteiger partial charge is 0.481 e. The van der Waals surface area contributed by atoms with Crippen LogP contribution in [-0.2, 0) is 16.6 Å². The number of anilines is 2. The Bertz CT molecular complexity index is 1290. The average Bonchev–Trinajstić information content (AvgIpc) is 2.86. The first-order valence-corrected chi connectivity index (χ1v) is 12.3. The lowest BCUT2D eigenvalue weighted by atomic mass is 10.1. The predicted octanol–water partition coefficient (Wildman–Crippen LogP) is 3.26. The maximum Gasteiger partial charge on any atom is 0.293 e. The van der Waals surface area contributed by atoms with E-state index < -0.39 is 14.9 Å². The first kappa shape index (κ1) is 24.4. The molecular formula is C23H24FN5O5S. The maximum atomic E-state index is 13.1. The number of nitrogens with one attached hydrogen (secondary N) is 1. The minimum Gasteiger partial charge on any atom is -0.481 e. The molecule has 1 aromatic heterocycles. The van der Waals surface area contributed by atoms with Gasteiger partial charge in [-0.1, -0.05) is 12.1 Å². The monoisotopic (exact) mass is 501 g/mol. The number of hydrogen-bond donors (Lipinski definition) is 1. The van der Waals surface area contributed by atoms with Gasteiger partial charge in [0, 0.05) is 44.9 Å². The van der Waals surface area contributed by atoms with Crippen molar-refractivity contribution in [1.29, 1.82) is 0 Å². The summed E-state index contributed by atoms with van der Waals surface area (Å²) in [5, 5.41) is 11.8. The van der Waals surface area contributed by atoms with E-state index in [-0.39, 0.29) is 22.1 Å². The lowest BCUT2D eigenvalue weighted by Gasteiger charge is -2.35. The lowest BCUT2D eigenvalue weighted by Crippen LogP contribution is -2.46. The van der Waals surface area contributed by atoms with E-state index in [2.05, 4.69) is 14.6 Å². The molecule has 0 unspecified atom stereocenters. The molecule has 1 aliphatic heterocycles. The Hall–Kier alpha value is -3.77. The summed E-state index contributed by atoms with van der Waals surface area (Å²) in [6, 6.07) is 13.2. The van der Waals surface area contributed by atoms with Gasteiger partial charge in [0.05, 0.1) is 28.8 Å². The highest BCUT2D eigenvalue weighted by atomic mass is 32.2. The number of sulfonamides is 1. The fourth-order valence-electron chi connectivity index (χ4n) is 3.85. The zero-order valence-electron chi connectivity index (χ0n) is 18.9. The van der Waals surface area contributed by atoms with Gasteiger partial charge in [-0.2, -0.15) is 0 Å². The second-order valence-corrected chi connectivity index (χ2v) is 9.67. The number of methoxy groups -OCH3 is 1. The van der Waals surface area contributed by atoms with Crippen molar-refractivity contribution in [3.8, 4) is 5.88 Å². The maximum absolute atomic E-state index is 13.1. The van der Waals surface area contributed by atoms with Crippen molar-refractivity contribution in [2.75, 3.05) is 42.9 Å². The summed E-state index contributed by atoms with van der Waals surface area (Å²) in [5.41, 5.74) is 1.27. The summed E-state index contributed by atoms with van der Waals surface area (Å²) in [7, 11) is -2.63. The van der Waals surface area contributed by atoms with Crippen molar-refractivity contribution in [3.63, 3.8) is 0 Å². The van der Waals surface area contributed by atoms with Crippen LogP contribution >= 0.6 is 0 Å². The molecule has 0 atom stereocenters. The number of piperazine rings is 1. The number of nitrogens with zero attached hydrogens (tertiary/aromatic N) is 4. The van der Waals surface area contributed by atoms with Crippen LogP contribution in [0.4, 0.5) is 21.5 Å². The first-order valence-electron chi connectivity index (χ1n) is 10.8. The third-order valence-corrected chi connectivity index (χ3v) is 7.06. The van der Waals surface area contributed by atoms with Gasteiger partial charge in [0.25, 0.3) is 15.7 Å². The standard InChI is InChI=1S/C23H24FN5O5S/c1-34-23-9-6-19(15-25-23)26-35(32,33)20-7-8-21(22(14-20)29(30)31)28-12-10-27(11-13-28)16-17-2-4-18(24)5-3-17/h2-9,14-15,26H,10-13,16H2,1H3. The molecule has 0 spiro atoms. The number of hydrogen-bond acceptors (Lipinski definition) is 8. The Morgan fingerprint density at radius 2 is 1.80 bits per heavy atom. The predicted molar refractivity (Wildman–Crippen MR) is 129 cm³/mol. The van der Waals surface area contributed by atoms with Crippen LogP contribution in [0.5, 0.6) is 5.88 Å². The quantitative estimate of drug-likeness (QED) is 0.369. The Balaban J connectivity index is 1.47. The van der Waals surface area contributed by atoms with Crippen molar-refractivity contribution in [2.24, 2.45) is 0 Å². The molecule has 12 heteroatoms. The Morgan fingerprint density at radius 1 is 1.09 bits per heavy atom. The Labute approximate surface area is 202 Å². The molecule has 184 valence electrons. The number of halogens is 1. The summed E-state index contributed by atoms with van der Waals surface area (Å²) in [4.78, 5) is 19.0. The van der Waals surface area contributed by atoms with Gasteiger partial charge in [-0.3, -0.25) is 19.7 Å². The molecule has 1 fully saturated rings. The van der Waals surface area contributed by atoms with Crippen LogP contribution in [0.15, 0.2) is 65.7 Å². The van der Waals surface area contributed by atoms with Crippen LogP contribution in [0.3, 0.4) is 0 Å². The molecule has 2 heterocycles. The van der Waals surface area contributed by atoms with Crippen LogP contribution < -0.4 is 14.4 Å². The Kier molecular flexibility index (Phi) is 7.12. The molecule has 2 aromatic carbocycles. The van der Waals surface area contributed by atoms with E-state index in [1.165, 1.54) is 49.7 Å². The van der Waals surface area contributed by atoms with Gasteiger partial charge in [-0.05, 0) is 35.9 Å². The van der Waals surface area contributed by atoms with Crippen molar-refractivity contribution in [2.45, 2.75) is 11.4 Å². The second-order valence-electron chi connectivity index (χ2n) is 7.99. The van der Waals surface area contributed by atoms with Gasteiger partial charge < -0.3 is 9.64 Å². The van der Waals surface area contributed by atoms with Crippen LogP contribution in [0.25, 0.3) is 0 Å². The summed E-state index contributed by atoms with van der Waals surface area (Å²) in [6.45, 7) is 3.02. The summed E-state index contributed by atoms with van der Waals surface area (Å²) in [6.07, 6.45) is 1.30. The number of pyridine rings is 1. The molecule has 35 heavy (non-hydrogen) atoms. The minimum atomic E-state index is -4.07. The molecule has 4 rings (SSSR count). The van der Waals surface area contributed by atoms with Crippen LogP contribution in [0.2, 0.25) is 0 Å². The van der Waals surface area contributed by atoms with E-state index in [4.69, 9.17) is 4.74 Å². The van der Waals surface area contributed by atoms with E-state index in [0.29, 0.717) is 44.3 Å². The number of ether oxygens (including phenoxy) is 1. The summed E-state index contributed by atoms with van der Waals surface area (Å²) in [5.74, 6) is 0.0397. The van der Waals surface area contributed by atoms with Crippen molar-refractivity contribution in [1.82, 2.24) is 9.88 Å². The fourth-order valence-corrected chi connectivity index (χ4v) is 4.92. The van der Waals surface area contributed by atoms with Gasteiger partial charge >= 0.3 is 0 Å². The highest BCUT2D eigenvalue weighted by Gasteiger charge is 2.27. The zero-order chi connectivity index (χ0) is 25.0. The highest BCUT2D eigenvalue weighted by Crippen LogP contribution is 2.32. The molecule has 1 saturated heterocycles. The van der Waals surface area contributed by atoms with E-state index in [1.807, 2.05) is 4.90 Å². The number of nitro benzene ring substituents is 1. The van der Waals surface area contributed by atoms with Crippen molar-refractivity contribution < 1.29 is 22.5 Å². The zero-order valence-corrected chi connectivity index (χ0v) is 19.7. The van der Waals surface area contributed by atoms with Crippen molar-refractivity contribution >= 4 is 27.1 Å². The second kappa shape index (κ2) is 10.2. The van der Waals surface area contributed by atoms with E-state index in [0.717, 1.165) is 11.6 Å². The number of aromatic nitrogens is 1. The van der Waals surface area contributed by atoms with Crippen LogP contribution in [0.1, 0.15) is 5.56 Å². The third kappa shape index (κ3) is 5.84. The number of benzene rings is 2. The third-order valence-electron chi connectivity index (χ3n) is 5.68. The fraction of sp³-hybridized carbons (Fsp3) is 0.261. The van der Waals surface area contributed by atoms with E-state index in [1.54, 1.807) is 12.1 Å². The van der Waals surface area contributed by atoms with Gasteiger partial charge in [-0.25, -0.2) is 17.8 Å². The SMILES string of the molecule is COc1ccc(NS(=O)(=O)c2ccc(N3CCN(Cc4ccc(F)cc4)CC3)c([N+](=O)[O-])c2)cn1. The van der Waals surface area contributed by atoms with Gasteiger partial charge in [-0.15, -0.1) is 0 Å². The van der Waals surface area contributed by atoms with Crippen LogP contribution in [-0.4, -0.2) is 56.5 Å². The molecule has 1 aliphatic rings. The van der Waals surface area contributed by atoms with Crippen molar-refractivity contribution in [3.05, 3.63) is 82.3 Å². The van der Waals surface area contributed by atoms with Gasteiger partial charge in [0.1, 0.15) is 11.5 Å². The molecule has 0 aliphatic carbocycles. The molecular weight excluding hydrogens is 477 g/mol. The van der Waals surface area contributed by atoms with Gasteiger partial charge in [0.2, 0.25) is 5.88 Å². The smallest absolute Gasteiger partial charge is 0.293 e. The molecule has 0 saturated carbocycles. The summed E-state index contributed by atoms with van der Waals surface area (Å²) < 4.78 is 46.1. The first-order chi connectivity index (χ1) is 16.7.